The lowest BCUT2D eigenvalue weighted by atomic mass is 9.79. The molecule has 1 saturated carbocycles. The summed E-state index contributed by atoms with van der Waals surface area (Å²) in [4.78, 5) is 15.6. The van der Waals surface area contributed by atoms with E-state index in [4.69, 9.17) is 4.42 Å². The number of hydrogen-bond donors (Lipinski definition) is 1. The molecule has 0 saturated heterocycles. The van der Waals surface area contributed by atoms with Gasteiger partial charge in [0.25, 0.3) is 0 Å². The summed E-state index contributed by atoms with van der Waals surface area (Å²) in [6, 6.07) is 1.83. The monoisotopic (exact) mass is 231 g/mol. The third-order valence-electron chi connectivity index (χ3n) is 3.76. The maximum atomic E-state index is 11.6. The Morgan fingerprint density at radius 3 is 2.88 bits per heavy atom. The lowest BCUT2D eigenvalue weighted by molar-refractivity contribution is -0.143. The van der Waals surface area contributed by atoms with Crippen LogP contribution >= 0.6 is 0 Å². The zero-order chi connectivity index (χ0) is 11.9. The first-order valence-electron chi connectivity index (χ1n) is 5.79. The van der Waals surface area contributed by atoms with E-state index in [1.165, 1.54) is 0 Å². The standard InChI is InChI=1S/C13H13NO3/c15-12(16)13(4-1-2-5-13)10-8-17-11-7-14-6-3-9(10)11/h3,6-8H,1-2,4-5H2,(H,15,16). The third-order valence-corrected chi connectivity index (χ3v) is 3.76. The first kappa shape index (κ1) is 10.3. The average Bonchev–Trinajstić information content (AvgIpc) is 2.95. The summed E-state index contributed by atoms with van der Waals surface area (Å²) < 4.78 is 5.41. The fourth-order valence-electron chi connectivity index (χ4n) is 2.83. The SMILES string of the molecule is O=C(O)C1(c2coc3cnccc23)CCCC1. The molecule has 0 atom stereocenters. The number of fused-ring (bicyclic) bond motifs is 1. The van der Waals surface area contributed by atoms with Gasteiger partial charge >= 0.3 is 5.97 Å². The average molecular weight is 231 g/mol. The van der Waals surface area contributed by atoms with E-state index in [0.29, 0.717) is 18.4 Å². The summed E-state index contributed by atoms with van der Waals surface area (Å²) in [5, 5.41) is 10.4. The summed E-state index contributed by atoms with van der Waals surface area (Å²) in [6.45, 7) is 0. The fourth-order valence-corrected chi connectivity index (χ4v) is 2.83. The van der Waals surface area contributed by atoms with Crippen molar-refractivity contribution in [2.45, 2.75) is 31.1 Å². The van der Waals surface area contributed by atoms with E-state index in [1.807, 2.05) is 6.07 Å². The zero-order valence-corrected chi connectivity index (χ0v) is 9.35. The highest BCUT2D eigenvalue weighted by atomic mass is 16.4. The van der Waals surface area contributed by atoms with Crippen molar-refractivity contribution < 1.29 is 14.3 Å². The highest BCUT2D eigenvalue weighted by Gasteiger charge is 2.44. The molecule has 1 N–H and O–H groups in total. The molecule has 17 heavy (non-hydrogen) atoms. The van der Waals surface area contributed by atoms with Gasteiger partial charge in [-0.3, -0.25) is 9.78 Å². The molecule has 1 fully saturated rings. The van der Waals surface area contributed by atoms with E-state index < -0.39 is 11.4 Å². The molecule has 4 heteroatoms. The van der Waals surface area contributed by atoms with Gasteiger partial charge in [0.1, 0.15) is 0 Å². The second kappa shape index (κ2) is 3.58. The summed E-state index contributed by atoms with van der Waals surface area (Å²) in [7, 11) is 0. The molecule has 0 radical (unpaired) electrons. The van der Waals surface area contributed by atoms with E-state index >= 15 is 0 Å². The highest BCUT2D eigenvalue weighted by Crippen LogP contribution is 2.44. The maximum Gasteiger partial charge on any atom is 0.314 e. The quantitative estimate of drug-likeness (QED) is 0.863. The Bertz CT molecular complexity index is 567. The van der Waals surface area contributed by atoms with Gasteiger partial charge in [0.15, 0.2) is 5.58 Å². The molecule has 2 aromatic rings. The van der Waals surface area contributed by atoms with Crippen molar-refractivity contribution in [3.05, 3.63) is 30.3 Å². The number of aromatic nitrogens is 1. The van der Waals surface area contributed by atoms with Crippen LogP contribution in [-0.4, -0.2) is 16.1 Å². The molecular weight excluding hydrogens is 218 g/mol. The van der Waals surface area contributed by atoms with E-state index in [2.05, 4.69) is 4.98 Å². The third kappa shape index (κ3) is 1.37. The van der Waals surface area contributed by atoms with Gasteiger partial charge in [-0.15, -0.1) is 0 Å². The van der Waals surface area contributed by atoms with Crippen LogP contribution in [-0.2, 0) is 10.2 Å². The molecule has 1 aliphatic rings. The van der Waals surface area contributed by atoms with E-state index in [0.717, 1.165) is 23.8 Å². The van der Waals surface area contributed by atoms with Crippen LogP contribution in [0.25, 0.3) is 11.0 Å². The smallest absolute Gasteiger partial charge is 0.314 e. The summed E-state index contributed by atoms with van der Waals surface area (Å²) in [6.07, 6.45) is 8.20. The van der Waals surface area contributed by atoms with Crippen LogP contribution < -0.4 is 0 Å². The molecule has 3 rings (SSSR count). The van der Waals surface area contributed by atoms with Crippen LogP contribution in [0.1, 0.15) is 31.2 Å². The van der Waals surface area contributed by atoms with Crippen molar-refractivity contribution in [1.82, 2.24) is 4.98 Å². The predicted octanol–water partition coefficient (Wildman–Crippen LogP) is 2.72. The van der Waals surface area contributed by atoms with Crippen LogP contribution in [0.5, 0.6) is 0 Å². The van der Waals surface area contributed by atoms with Gasteiger partial charge in [-0.1, -0.05) is 12.8 Å². The number of carboxylic acid groups (broad SMARTS) is 1. The van der Waals surface area contributed by atoms with Crippen molar-refractivity contribution in [3.8, 4) is 0 Å². The largest absolute Gasteiger partial charge is 0.481 e. The molecule has 4 nitrogen and oxygen atoms in total. The van der Waals surface area contributed by atoms with Crippen LogP contribution in [0.3, 0.4) is 0 Å². The van der Waals surface area contributed by atoms with Gasteiger partial charge < -0.3 is 9.52 Å². The van der Waals surface area contributed by atoms with Gasteiger partial charge in [0, 0.05) is 17.1 Å². The minimum atomic E-state index is -0.757. The summed E-state index contributed by atoms with van der Waals surface area (Å²) >= 11 is 0. The minimum absolute atomic E-state index is 0.662. The number of carboxylic acids is 1. The lowest BCUT2D eigenvalue weighted by Crippen LogP contribution is -2.32. The molecular formula is C13H13NO3. The van der Waals surface area contributed by atoms with Crippen molar-refractivity contribution >= 4 is 16.9 Å². The van der Waals surface area contributed by atoms with Gasteiger partial charge in [-0.2, -0.15) is 0 Å². The number of rotatable bonds is 2. The number of carbonyl (C=O) groups is 1. The lowest BCUT2D eigenvalue weighted by Gasteiger charge is -2.22. The Morgan fingerprint density at radius 2 is 2.18 bits per heavy atom. The Balaban J connectivity index is 2.22. The summed E-state index contributed by atoms with van der Waals surface area (Å²) in [5.41, 5.74) is 0.710. The molecule has 2 heterocycles. The van der Waals surface area contributed by atoms with Crippen molar-refractivity contribution in [1.29, 1.82) is 0 Å². The van der Waals surface area contributed by atoms with Crippen LogP contribution in [0.2, 0.25) is 0 Å². The number of furan rings is 1. The first-order valence-corrected chi connectivity index (χ1v) is 5.79. The number of aliphatic carboxylic acids is 1. The number of pyridine rings is 1. The second-order valence-electron chi connectivity index (χ2n) is 4.62. The molecule has 88 valence electrons. The van der Waals surface area contributed by atoms with Crippen molar-refractivity contribution in [3.63, 3.8) is 0 Å². The van der Waals surface area contributed by atoms with Gasteiger partial charge in [-0.25, -0.2) is 0 Å². The van der Waals surface area contributed by atoms with E-state index in [1.54, 1.807) is 18.7 Å². The first-order chi connectivity index (χ1) is 8.24. The molecule has 0 spiro atoms. The topological polar surface area (TPSA) is 63.3 Å². The maximum absolute atomic E-state index is 11.6. The Labute approximate surface area is 98.3 Å². The van der Waals surface area contributed by atoms with Gasteiger partial charge in [-0.05, 0) is 18.9 Å². The van der Waals surface area contributed by atoms with Gasteiger partial charge in [0.05, 0.1) is 17.9 Å². The molecule has 1 aliphatic carbocycles. The molecule has 0 amide bonds. The highest BCUT2D eigenvalue weighted by molar-refractivity contribution is 5.90. The molecule has 0 unspecified atom stereocenters. The Kier molecular flexibility index (Phi) is 2.18. The molecule has 0 aromatic carbocycles. The fraction of sp³-hybridized carbons (Fsp3) is 0.385. The van der Waals surface area contributed by atoms with E-state index in [9.17, 15) is 9.90 Å². The Morgan fingerprint density at radius 1 is 1.41 bits per heavy atom. The van der Waals surface area contributed by atoms with Crippen LogP contribution in [0, 0.1) is 0 Å². The number of hydrogen-bond acceptors (Lipinski definition) is 3. The number of nitrogens with zero attached hydrogens (tertiary/aromatic N) is 1. The minimum Gasteiger partial charge on any atom is -0.481 e. The summed E-state index contributed by atoms with van der Waals surface area (Å²) in [5.74, 6) is -0.741. The Hall–Kier alpha value is -1.84. The van der Waals surface area contributed by atoms with Crippen molar-refractivity contribution in [2.75, 3.05) is 0 Å². The molecule has 2 aromatic heterocycles. The second-order valence-corrected chi connectivity index (χ2v) is 4.62. The van der Waals surface area contributed by atoms with E-state index in [-0.39, 0.29) is 0 Å². The van der Waals surface area contributed by atoms with Crippen LogP contribution in [0.15, 0.2) is 29.1 Å². The molecule has 0 bridgehead atoms. The van der Waals surface area contributed by atoms with Crippen LogP contribution in [0.4, 0.5) is 0 Å². The molecule has 0 aliphatic heterocycles. The zero-order valence-electron chi connectivity index (χ0n) is 9.35. The van der Waals surface area contributed by atoms with Gasteiger partial charge in [0.2, 0.25) is 0 Å². The normalized spacial score (nSPS) is 18.6. The predicted molar refractivity (Wildman–Crippen MR) is 61.8 cm³/mol. The van der Waals surface area contributed by atoms with Crippen molar-refractivity contribution in [2.24, 2.45) is 0 Å².